The molecule has 0 aliphatic carbocycles. The number of nitriles is 1. The minimum Gasteiger partial charge on any atom is -0.253 e. The molecule has 0 bridgehead atoms. The molecule has 0 spiro atoms. The molecule has 0 atom stereocenters. The van der Waals surface area contributed by atoms with Gasteiger partial charge in [-0.3, -0.25) is 4.99 Å². The highest BCUT2D eigenvalue weighted by Crippen LogP contribution is 1.93. The van der Waals surface area contributed by atoms with E-state index in [-0.39, 0.29) is 0 Å². The molecular weight excluding hydrogens is 114 g/mol. The molecule has 0 saturated carbocycles. The summed E-state index contributed by atoms with van der Waals surface area (Å²) in [5.74, 6) is 0. The summed E-state index contributed by atoms with van der Waals surface area (Å²) < 4.78 is 0. The Bertz CT molecular complexity index is 217. The molecule has 0 saturated heterocycles. The van der Waals surface area contributed by atoms with Gasteiger partial charge >= 0.3 is 0 Å². The second-order valence-corrected chi connectivity index (χ2v) is 1.49. The molecule has 0 unspecified atom stereocenters. The Hall–Kier alpha value is -1.43. The lowest BCUT2D eigenvalue weighted by Crippen LogP contribution is -1.99. The van der Waals surface area contributed by atoms with Gasteiger partial charge in [0.15, 0.2) is 0 Å². The summed E-state index contributed by atoms with van der Waals surface area (Å²) in [6.07, 6.45) is 8.38. The maximum absolute atomic E-state index is 8.08. The van der Waals surface area contributed by atoms with Gasteiger partial charge in [-0.25, -0.2) is 0 Å². The highest BCUT2D eigenvalue weighted by Gasteiger charge is 1.94. The standard InChI is InChI=1S/C6H4N3/c7-5-9-6-2-1-3-8-4-6/h1,3H,2H2. The van der Waals surface area contributed by atoms with Gasteiger partial charge in [0.1, 0.15) is 6.21 Å². The number of nitrogens with zero attached hydrogens (tertiary/aromatic N) is 3. The van der Waals surface area contributed by atoms with Gasteiger partial charge in [-0.15, -0.1) is 0 Å². The van der Waals surface area contributed by atoms with E-state index in [1.54, 1.807) is 12.4 Å². The van der Waals surface area contributed by atoms with E-state index >= 15 is 0 Å². The van der Waals surface area contributed by atoms with E-state index in [1.807, 2.05) is 6.08 Å². The fourth-order valence-corrected chi connectivity index (χ4v) is 0.505. The van der Waals surface area contributed by atoms with Crippen molar-refractivity contribution >= 4 is 11.9 Å². The van der Waals surface area contributed by atoms with Gasteiger partial charge in [0.05, 0.1) is 5.71 Å². The van der Waals surface area contributed by atoms with Crippen LogP contribution in [0.5, 0.6) is 0 Å². The minimum atomic E-state index is 0.597. The van der Waals surface area contributed by atoms with Gasteiger partial charge in [0, 0.05) is 12.6 Å². The lowest BCUT2D eigenvalue weighted by Gasteiger charge is -1.92. The molecule has 0 fully saturated rings. The van der Waals surface area contributed by atoms with Gasteiger partial charge in [0.2, 0.25) is 6.19 Å². The fourth-order valence-electron chi connectivity index (χ4n) is 0.505. The van der Waals surface area contributed by atoms with Crippen LogP contribution in [0.3, 0.4) is 0 Å². The molecule has 9 heavy (non-hydrogen) atoms. The normalized spacial score (nSPS) is 20.1. The number of hydrogen-bond acceptors (Lipinski definition) is 3. The molecule has 3 heteroatoms. The third-order valence-electron chi connectivity index (χ3n) is 0.870. The first-order valence-corrected chi connectivity index (χ1v) is 2.50. The van der Waals surface area contributed by atoms with E-state index < -0.39 is 0 Å². The average molecular weight is 118 g/mol. The minimum absolute atomic E-state index is 0.597. The van der Waals surface area contributed by atoms with Gasteiger partial charge in [-0.1, -0.05) is 6.08 Å². The topological polar surface area (TPSA) is 48.5 Å². The zero-order valence-electron chi connectivity index (χ0n) is 4.70. The Morgan fingerprint density at radius 3 is 3.33 bits per heavy atom. The van der Waals surface area contributed by atoms with Crippen molar-refractivity contribution in [2.45, 2.75) is 6.42 Å². The Morgan fingerprint density at radius 1 is 1.89 bits per heavy atom. The molecule has 0 aromatic rings. The maximum Gasteiger partial charge on any atom is 0.206 e. The first-order chi connectivity index (χ1) is 4.43. The average Bonchev–Trinajstić information content (AvgIpc) is 1.91. The van der Waals surface area contributed by atoms with E-state index in [2.05, 4.69) is 16.2 Å². The fraction of sp³-hybridized carbons (Fsp3) is 0.167. The van der Waals surface area contributed by atoms with E-state index in [4.69, 9.17) is 5.26 Å². The Morgan fingerprint density at radius 2 is 2.78 bits per heavy atom. The number of rotatable bonds is 0. The Balaban J connectivity index is 2.69. The molecule has 0 amide bonds. The van der Waals surface area contributed by atoms with Crippen LogP contribution in [0.2, 0.25) is 0 Å². The van der Waals surface area contributed by atoms with Crippen LogP contribution in [-0.2, 0) is 0 Å². The molecule has 0 aromatic carbocycles. The predicted octanol–water partition coefficient (Wildman–Crippen LogP) is 0.774. The number of hydrogen-bond donors (Lipinski definition) is 0. The van der Waals surface area contributed by atoms with Crippen LogP contribution in [-0.4, -0.2) is 11.9 Å². The van der Waals surface area contributed by atoms with Crippen molar-refractivity contribution in [2.24, 2.45) is 9.98 Å². The second kappa shape index (κ2) is 2.78. The van der Waals surface area contributed by atoms with E-state index in [0.717, 1.165) is 0 Å². The summed E-state index contributed by atoms with van der Waals surface area (Å²) in [6, 6.07) is 0. The van der Waals surface area contributed by atoms with Gasteiger partial charge in [0.25, 0.3) is 0 Å². The first kappa shape index (κ1) is 5.70. The molecule has 0 aromatic heterocycles. The van der Waals surface area contributed by atoms with Gasteiger partial charge < -0.3 is 0 Å². The van der Waals surface area contributed by atoms with Crippen molar-refractivity contribution in [2.75, 3.05) is 0 Å². The molecule has 1 heterocycles. The van der Waals surface area contributed by atoms with Gasteiger partial charge in [-0.05, 0) is 0 Å². The zero-order chi connectivity index (χ0) is 6.53. The molecule has 1 radical (unpaired) electrons. The SMILES string of the molecule is N#CN=C1[C]=NC=CC1. The Kier molecular flexibility index (Phi) is 1.76. The molecule has 0 N–H and O–H groups in total. The molecular formula is C6H4N3. The zero-order valence-corrected chi connectivity index (χ0v) is 4.70. The third-order valence-corrected chi connectivity index (χ3v) is 0.870. The highest BCUT2D eigenvalue weighted by molar-refractivity contribution is 6.31. The molecule has 1 aliphatic rings. The van der Waals surface area contributed by atoms with Crippen molar-refractivity contribution in [3.8, 4) is 6.19 Å². The summed E-state index contributed by atoms with van der Waals surface area (Å²) in [6.45, 7) is 0. The maximum atomic E-state index is 8.08. The van der Waals surface area contributed by atoms with E-state index in [0.29, 0.717) is 12.1 Å². The van der Waals surface area contributed by atoms with Crippen LogP contribution in [0.15, 0.2) is 22.3 Å². The molecule has 43 valence electrons. The largest absolute Gasteiger partial charge is 0.253 e. The van der Waals surface area contributed by atoms with E-state index in [1.165, 1.54) is 0 Å². The van der Waals surface area contributed by atoms with Crippen molar-refractivity contribution in [3.63, 3.8) is 0 Å². The van der Waals surface area contributed by atoms with Gasteiger partial charge in [-0.2, -0.15) is 10.3 Å². The van der Waals surface area contributed by atoms with Crippen LogP contribution < -0.4 is 0 Å². The summed E-state index contributed by atoms with van der Waals surface area (Å²) in [7, 11) is 0. The lowest BCUT2D eigenvalue weighted by molar-refractivity contribution is 1.36. The smallest absolute Gasteiger partial charge is 0.206 e. The van der Waals surface area contributed by atoms with Crippen molar-refractivity contribution in [1.29, 1.82) is 5.26 Å². The summed E-state index contributed by atoms with van der Waals surface area (Å²) in [5, 5.41) is 8.08. The predicted molar refractivity (Wildman–Crippen MR) is 34.2 cm³/mol. The summed E-state index contributed by atoms with van der Waals surface area (Å²) >= 11 is 0. The van der Waals surface area contributed by atoms with Crippen LogP contribution in [0, 0.1) is 11.5 Å². The second-order valence-electron chi connectivity index (χ2n) is 1.49. The number of allylic oxidation sites excluding steroid dienone is 1. The summed E-state index contributed by atoms with van der Waals surface area (Å²) in [4.78, 5) is 7.11. The van der Waals surface area contributed by atoms with Crippen molar-refractivity contribution in [1.82, 2.24) is 0 Å². The summed E-state index contributed by atoms with van der Waals surface area (Å²) in [5.41, 5.74) is 0.597. The Labute approximate surface area is 53.1 Å². The quantitative estimate of drug-likeness (QED) is 0.433. The number of aliphatic imine (C=N–C) groups is 2. The van der Waals surface area contributed by atoms with Crippen molar-refractivity contribution in [3.05, 3.63) is 12.3 Å². The third kappa shape index (κ3) is 1.50. The monoisotopic (exact) mass is 118 g/mol. The van der Waals surface area contributed by atoms with Crippen LogP contribution in [0.25, 0.3) is 0 Å². The molecule has 1 rings (SSSR count). The van der Waals surface area contributed by atoms with E-state index in [9.17, 15) is 0 Å². The lowest BCUT2D eigenvalue weighted by atomic mass is 10.2. The molecule has 3 nitrogen and oxygen atoms in total. The first-order valence-electron chi connectivity index (χ1n) is 2.50. The van der Waals surface area contributed by atoms with Crippen LogP contribution in [0.4, 0.5) is 0 Å². The van der Waals surface area contributed by atoms with Crippen molar-refractivity contribution < 1.29 is 0 Å². The molecule has 1 aliphatic heterocycles. The van der Waals surface area contributed by atoms with Crippen LogP contribution >= 0.6 is 0 Å². The highest BCUT2D eigenvalue weighted by atomic mass is 14.8. The van der Waals surface area contributed by atoms with Crippen LogP contribution in [0.1, 0.15) is 6.42 Å².